The molecule has 0 bridgehead atoms. The summed E-state index contributed by atoms with van der Waals surface area (Å²) < 4.78 is 6.96. The number of aryl methyl sites for hydroxylation is 1. The summed E-state index contributed by atoms with van der Waals surface area (Å²) >= 11 is 0. The monoisotopic (exact) mass is 248 g/mol. The lowest BCUT2D eigenvalue weighted by Gasteiger charge is -2.06. The van der Waals surface area contributed by atoms with Gasteiger partial charge in [0, 0.05) is 12.1 Å². The topological polar surface area (TPSA) is 83.1 Å². The quantitative estimate of drug-likeness (QED) is 0.609. The first-order valence-electron chi connectivity index (χ1n) is 5.43. The summed E-state index contributed by atoms with van der Waals surface area (Å²) in [5, 5.41) is 18.4. The molecule has 18 heavy (non-hydrogen) atoms. The summed E-state index contributed by atoms with van der Waals surface area (Å²) in [4.78, 5) is 10.1. The van der Waals surface area contributed by atoms with Gasteiger partial charge in [-0.3, -0.25) is 10.1 Å². The van der Waals surface area contributed by atoms with Gasteiger partial charge in [0.15, 0.2) is 0 Å². The van der Waals surface area contributed by atoms with Gasteiger partial charge in [-0.15, -0.1) is 5.10 Å². The van der Waals surface area contributed by atoms with E-state index < -0.39 is 4.92 Å². The van der Waals surface area contributed by atoms with Crippen LogP contribution in [0.1, 0.15) is 12.6 Å². The molecule has 0 aliphatic carbocycles. The maximum absolute atomic E-state index is 10.6. The lowest BCUT2D eigenvalue weighted by molar-refractivity contribution is -0.384. The lowest BCUT2D eigenvalue weighted by Crippen LogP contribution is -2.03. The standard InChI is InChI=1S/C11H12N4O3/c1-3-18-11-8(2)12-13-14(11)9-4-6-10(7-5-9)15(16)17/h4-7H,3H2,1-2H3. The van der Waals surface area contributed by atoms with Crippen molar-refractivity contribution < 1.29 is 9.66 Å². The highest BCUT2D eigenvalue weighted by molar-refractivity contribution is 5.42. The summed E-state index contributed by atoms with van der Waals surface area (Å²) in [5.41, 5.74) is 1.38. The molecule has 0 saturated heterocycles. The maximum atomic E-state index is 10.6. The van der Waals surface area contributed by atoms with Crippen LogP contribution in [0.5, 0.6) is 5.88 Å². The van der Waals surface area contributed by atoms with E-state index in [1.54, 1.807) is 19.1 Å². The predicted octanol–water partition coefficient (Wildman–Crippen LogP) is 1.88. The van der Waals surface area contributed by atoms with E-state index in [2.05, 4.69) is 10.3 Å². The predicted molar refractivity (Wildman–Crippen MR) is 63.9 cm³/mol. The van der Waals surface area contributed by atoms with Crippen molar-refractivity contribution in [3.63, 3.8) is 0 Å². The van der Waals surface area contributed by atoms with Crippen molar-refractivity contribution in [2.45, 2.75) is 13.8 Å². The third-order valence-electron chi connectivity index (χ3n) is 2.37. The molecule has 7 heteroatoms. The smallest absolute Gasteiger partial charge is 0.269 e. The van der Waals surface area contributed by atoms with E-state index in [4.69, 9.17) is 4.74 Å². The van der Waals surface area contributed by atoms with Crippen LogP contribution in [0.3, 0.4) is 0 Å². The fourth-order valence-corrected chi connectivity index (χ4v) is 1.54. The summed E-state index contributed by atoms with van der Waals surface area (Å²) in [7, 11) is 0. The third kappa shape index (κ3) is 2.15. The van der Waals surface area contributed by atoms with Crippen molar-refractivity contribution in [2.24, 2.45) is 0 Å². The number of hydrogen-bond acceptors (Lipinski definition) is 5. The van der Waals surface area contributed by atoms with Gasteiger partial charge in [-0.1, -0.05) is 5.21 Å². The number of aromatic nitrogens is 3. The van der Waals surface area contributed by atoms with Gasteiger partial charge in [-0.25, -0.2) is 0 Å². The molecule has 0 N–H and O–H groups in total. The Hall–Kier alpha value is -2.44. The van der Waals surface area contributed by atoms with Crippen LogP contribution in [0.15, 0.2) is 24.3 Å². The fourth-order valence-electron chi connectivity index (χ4n) is 1.54. The Labute approximate surface area is 103 Å². The van der Waals surface area contributed by atoms with Crippen LogP contribution >= 0.6 is 0 Å². The summed E-state index contributed by atoms with van der Waals surface area (Å²) in [6, 6.07) is 6.05. The van der Waals surface area contributed by atoms with E-state index in [0.29, 0.717) is 23.9 Å². The molecule has 0 atom stereocenters. The minimum Gasteiger partial charge on any atom is -0.477 e. The number of nitro groups is 1. The summed E-state index contributed by atoms with van der Waals surface area (Å²) in [6.07, 6.45) is 0. The van der Waals surface area contributed by atoms with Crippen molar-refractivity contribution in [2.75, 3.05) is 6.61 Å². The van der Waals surface area contributed by atoms with Gasteiger partial charge in [-0.2, -0.15) is 4.68 Å². The Kier molecular flexibility index (Phi) is 3.22. The molecule has 0 spiro atoms. The van der Waals surface area contributed by atoms with E-state index in [1.165, 1.54) is 16.8 Å². The molecule has 0 fully saturated rings. The zero-order valence-electron chi connectivity index (χ0n) is 10.0. The van der Waals surface area contributed by atoms with Gasteiger partial charge in [0.25, 0.3) is 5.69 Å². The fraction of sp³-hybridized carbons (Fsp3) is 0.273. The number of rotatable bonds is 4. The second-order valence-corrected chi connectivity index (χ2v) is 3.60. The van der Waals surface area contributed by atoms with Gasteiger partial charge < -0.3 is 4.74 Å². The number of nitrogens with zero attached hydrogens (tertiary/aromatic N) is 4. The molecular weight excluding hydrogens is 236 g/mol. The van der Waals surface area contributed by atoms with Gasteiger partial charge in [0.05, 0.1) is 17.2 Å². The molecule has 1 aromatic carbocycles. The van der Waals surface area contributed by atoms with Crippen LogP contribution in [0.4, 0.5) is 5.69 Å². The van der Waals surface area contributed by atoms with Gasteiger partial charge >= 0.3 is 0 Å². The van der Waals surface area contributed by atoms with Crippen LogP contribution in [0.25, 0.3) is 5.69 Å². The number of non-ortho nitro benzene ring substituents is 1. The number of hydrogen-bond donors (Lipinski definition) is 0. The zero-order chi connectivity index (χ0) is 13.1. The van der Waals surface area contributed by atoms with Crippen molar-refractivity contribution in [3.8, 4) is 11.6 Å². The molecule has 0 amide bonds. The number of nitro benzene ring substituents is 1. The van der Waals surface area contributed by atoms with Crippen LogP contribution in [-0.4, -0.2) is 26.5 Å². The van der Waals surface area contributed by atoms with E-state index in [-0.39, 0.29) is 5.69 Å². The number of benzene rings is 1. The molecule has 7 nitrogen and oxygen atoms in total. The normalized spacial score (nSPS) is 10.3. The second kappa shape index (κ2) is 4.82. The van der Waals surface area contributed by atoms with Crippen LogP contribution < -0.4 is 4.74 Å². The Morgan fingerprint density at radius 1 is 1.39 bits per heavy atom. The first kappa shape index (κ1) is 12.0. The van der Waals surface area contributed by atoms with Crippen LogP contribution in [-0.2, 0) is 0 Å². The van der Waals surface area contributed by atoms with E-state index in [9.17, 15) is 10.1 Å². The summed E-state index contributed by atoms with van der Waals surface area (Å²) in [6.45, 7) is 4.16. The average Bonchev–Trinajstić information content (AvgIpc) is 2.72. The molecule has 0 aliphatic rings. The largest absolute Gasteiger partial charge is 0.477 e. The molecule has 0 radical (unpaired) electrons. The van der Waals surface area contributed by atoms with Gasteiger partial charge in [0.1, 0.15) is 5.69 Å². The number of ether oxygens (including phenoxy) is 1. The van der Waals surface area contributed by atoms with Crippen molar-refractivity contribution >= 4 is 5.69 Å². The molecule has 0 aliphatic heterocycles. The highest BCUT2D eigenvalue weighted by Crippen LogP contribution is 2.21. The Balaban J connectivity index is 2.39. The Morgan fingerprint density at radius 3 is 2.61 bits per heavy atom. The molecule has 1 heterocycles. The molecular formula is C11H12N4O3. The SMILES string of the molecule is CCOc1c(C)nnn1-c1ccc([N+](=O)[O-])cc1. The highest BCUT2D eigenvalue weighted by atomic mass is 16.6. The van der Waals surface area contributed by atoms with Crippen LogP contribution in [0, 0.1) is 17.0 Å². The highest BCUT2D eigenvalue weighted by Gasteiger charge is 2.13. The minimum atomic E-state index is -0.445. The first-order valence-corrected chi connectivity index (χ1v) is 5.43. The Bertz CT molecular complexity index is 562. The first-order chi connectivity index (χ1) is 8.63. The van der Waals surface area contributed by atoms with E-state index in [0.717, 1.165) is 0 Å². The molecule has 0 unspecified atom stereocenters. The van der Waals surface area contributed by atoms with Gasteiger partial charge in [-0.05, 0) is 26.0 Å². The molecule has 1 aromatic heterocycles. The van der Waals surface area contributed by atoms with E-state index >= 15 is 0 Å². The van der Waals surface area contributed by atoms with Crippen molar-refractivity contribution in [3.05, 3.63) is 40.1 Å². The van der Waals surface area contributed by atoms with E-state index in [1.807, 2.05) is 6.92 Å². The third-order valence-corrected chi connectivity index (χ3v) is 2.37. The minimum absolute atomic E-state index is 0.0357. The van der Waals surface area contributed by atoms with Gasteiger partial charge in [0.2, 0.25) is 5.88 Å². The van der Waals surface area contributed by atoms with Crippen LogP contribution in [0.2, 0.25) is 0 Å². The van der Waals surface area contributed by atoms with Crippen molar-refractivity contribution in [1.29, 1.82) is 0 Å². The molecule has 2 rings (SSSR count). The molecule has 2 aromatic rings. The Morgan fingerprint density at radius 2 is 2.06 bits per heavy atom. The second-order valence-electron chi connectivity index (χ2n) is 3.60. The maximum Gasteiger partial charge on any atom is 0.269 e. The summed E-state index contributed by atoms with van der Waals surface area (Å²) in [5.74, 6) is 0.548. The molecule has 0 saturated carbocycles. The van der Waals surface area contributed by atoms with Crippen molar-refractivity contribution in [1.82, 2.24) is 15.0 Å². The molecule has 94 valence electrons. The lowest BCUT2D eigenvalue weighted by atomic mass is 10.3. The zero-order valence-corrected chi connectivity index (χ0v) is 10.0. The average molecular weight is 248 g/mol.